The molecule has 0 unspecified atom stereocenters. The Kier molecular flexibility index (Phi) is 2.73. The van der Waals surface area contributed by atoms with Crippen molar-refractivity contribution < 1.29 is 9.21 Å². The van der Waals surface area contributed by atoms with E-state index in [2.05, 4.69) is 20.5 Å². The largest absolute Gasteiger partial charge is 0.440 e. The van der Waals surface area contributed by atoms with Crippen molar-refractivity contribution >= 4 is 33.6 Å². The molecular formula is C18H14N4O2. The van der Waals surface area contributed by atoms with Gasteiger partial charge in [0.2, 0.25) is 0 Å². The third kappa shape index (κ3) is 2.15. The molecule has 0 atom stereocenters. The number of nitrogens with one attached hydrogen (secondary N) is 2. The van der Waals surface area contributed by atoms with Crippen molar-refractivity contribution in [1.29, 1.82) is 0 Å². The molecule has 0 bridgehead atoms. The van der Waals surface area contributed by atoms with E-state index in [1.165, 1.54) is 0 Å². The van der Waals surface area contributed by atoms with Crippen molar-refractivity contribution in [2.45, 2.75) is 18.8 Å². The van der Waals surface area contributed by atoms with Gasteiger partial charge in [-0.05, 0) is 37.1 Å². The molecule has 1 aliphatic carbocycles. The highest BCUT2D eigenvalue weighted by molar-refractivity contribution is 6.11. The number of hydrogen-bond donors (Lipinski definition) is 2. The van der Waals surface area contributed by atoms with Gasteiger partial charge in [0.25, 0.3) is 5.91 Å². The highest BCUT2D eigenvalue weighted by Crippen LogP contribution is 2.40. The number of nitrogens with zero attached hydrogens (tertiary/aromatic N) is 2. The number of H-pyrrole nitrogens is 1. The Balaban J connectivity index is 1.46. The second-order valence-corrected chi connectivity index (χ2v) is 6.08. The molecule has 4 aromatic rings. The molecule has 1 aliphatic rings. The van der Waals surface area contributed by atoms with E-state index in [0.29, 0.717) is 17.3 Å². The summed E-state index contributed by atoms with van der Waals surface area (Å²) >= 11 is 0. The highest BCUT2D eigenvalue weighted by Gasteiger charge is 2.28. The van der Waals surface area contributed by atoms with E-state index in [1.54, 1.807) is 0 Å². The van der Waals surface area contributed by atoms with Crippen LogP contribution in [0, 0.1) is 0 Å². The van der Waals surface area contributed by atoms with Crippen LogP contribution < -0.4 is 5.32 Å². The van der Waals surface area contributed by atoms with Crippen LogP contribution in [0.4, 0.5) is 5.69 Å². The first-order chi connectivity index (χ1) is 11.8. The fourth-order valence-electron chi connectivity index (χ4n) is 2.85. The minimum atomic E-state index is -0.252. The normalized spacial score (nSPS) is 14.3. The molecule has 0 radical (unpaired) electrons. The van der Waals surface area contributed by atoms with Crippen LogP contribution in [0.3, 0.4) is 0 Å². The summed E-state index contributed by atoms with van der Waals surface area (Å²) in [7, 11) is 0. The number of amides is 1. The molecule has 1 saturated carbocycles. The summed E-state index contributed by atoms with van der Waals surface area (Å²) in [6.07, 6.45) is 2.28. The number of fused-ring (bicyclic) bond motifs is 2. The van der Waals surface area contributed by atoms with Gasteiger partial charge in [0.05, 0.1) is 5.52 Å². The van der Waals surface area contributed by atoms with Gasteiger partial charge < -0.3 is 9.73 Å². The van der Waals surface area contributed by atoms with E-state index in [4.69, 9.17) is 4.42 Å². The minimum Gasteiger partial charge on any atom is -0.440 e. The lowest BCUT2D eigenvalue weighted by atomic mass is 10.2. The number of aromatic amines is 1. The van der Waals surface area contributed by atoms with Crippen LogP contribution in [-0.4, -0.2) is 21.1 Å². The second-order valence-electron chi connectivity index (χ2n) is 6.08. The number of hydrogen-bond acceptors (Lipinski definition) is 4. The molecule has 6 nitrogen and oxygen atoms in total. The Morgan fingerprint density at radius 2 is 2.08 bits per heavy atom. The summed E-state index contributed by atoms with van der Waals surface area (Å²) < 4.78 is 5.74. The number of rotatable bonds is 3. The molecule has 118 valence electrons. The van der Waals surface area contributed by atoms with E-state index < -0.39 is 0 Å². The first-order valence-corrected chi connectivity index (χ1v) is 7.93. The number of aromatic nitrogens is 3. The highest BCUT2D eigenvalue weighted by atomic mass is 16.3. The molecule has 2 aromatic heterocycles. The maximum atomic E-state index is 12.5. The molecular weight excluding hydrogens is 304 g/mol. The average molecular weight is 318 g/mol. The summed E-state index contributed by atoms with van der Waals surface area (Å²) in [5, 5.41) is 10.7. The van der Waals surface area contributed by atoms with Gasteiger partial charge >= 0.3 is 0 Å². The van der Waals surface area contributed by atoms with Crippen LogP contribution in [-0.2, 0) is 0 Å². The molecule has 1 fully saturated rings. The van der Waals surface area contributed by atoms with Crippen LogP contribution >= 0.6 is 0 Å². The molecule has 6 heteroatoms. The Hall–Kier alpha value is -3.15. The summed E-state index contributed by atoms with van der Waals surface area (Å²) in [5.74, 6) is 1.01. The van der Waals surface area contributed by atoms with Crippen LogP contribution in [0.5, 0.6) is 0 Å². The van der Waals surface area contributed by atoms with Gasteiger partial charge in [-0.15, -0.1) is 0 Å². The van der Waals surface area contributed by atoms with Crippen molar-refractivity contribution in [3.8, 4) is 0 Å². The predicted octanol–water partition coefficient (Wildman–Crippen LogP) is 3.83. The molecule has 0 saturated heterocycles. The molecule has 1 amide bonds. The van der Waals surface area contributed by atoms with Gasteiger partial charge in [-0.1, -0.05) is 18.2 Å². The molecule has 2 heterocycles. The van der Waals surface area contributed by atoms with Crippen molar-refractivity contribution in [2.24, 2.45) is 0 Å². The Bertz CT molecular complexity index is 1070. The Labute approximate surface area is 136 Å². The van der Waals surface area contributed by atoms with Crippen molar-refractivity contribution in [3.63, 3.8) is 0 Å². The van der Waals surface area contributed by atoms with Crippen LogP contribution in [0.15, 0.2) is 46.9 Å². The van der Waals surface area contributed by atoms with Crippen LogP contribution in [0.25, 0.3) is 22.0 Å². The van der Waals surface area contributed by atoms with Crippen molar-refractivity contribution in [2.75, 3.05) is 5.32 Å². The van der Waals surface area contributed by atoms with E-state index in [9.17, 15) is 4.79 Å². The molecule has 0 spiro atoms. The second kappa shape index (κ2) is 4.92. The summed E-state index contributed by atoms with van der Waals surface area (Å²) in [4.78, 5) is 17.0. The van der Waals surface area contributed by atoms with Crippen molar-refractivity contribution in [3.05, 3.63) is 54.0 Å². The average Bonchev–Trinajstić information content (AvgIpc) is 3.21. The van der Waals surface area contributed by atoms with Crippen LogP contribution in [0.1, 0.15) is 35.1 Å². The summed E-state index contributed by atoms with van der Waals surface area (Å²) in [6, 6.07) is 13.0. The van der Waals surface area contributed by atoms with Crippen LogP contribution in [0.2, 0.25) is 0 Å². The number of para-hydroxylation sites is 1. The fourth-order valence-corrected chi connectivity index (χ4v) is 2.85. The number of carbonyl (C=O) groups is 1. The quantitative estimate of drug-likeness (QED) is 0.601. The van der Waals surface area contributed by atoms with E-state index >= 15 is 0 Å². The minimum absolute atomic E-state index is 0.252. The standard InChI is InChI=1S/C18H14N4O2/c23-17(16-12-3-1-2-4-13(12)21-22-16)19-11-7-8-15-14(9-11)20-18(24-15)10-5-6-10/h1-4,7-10H,5-6H2,(H,19,23)(H,21,22). The van der Waals surface area contributed by atoms with Gasteiger partial charge in [-0.2, -0.15) is 5.10 Å². The molecule has 5 rings (SSSR count). The number of carbonyl (C=O) groups excluding carboxylic acids is 1. The molecule has 2 aromatic carbocycles. The smallest absolute Gasteiger partial charge is 0.276 e. The number of anilines is 1. The van der Waals surface area contributed by atoms with E-state index in [-0.39, 0.29) is 5.91 Å². The van der Waals surface area contributed by atoms with Gasteiger partial charge in [-0.3, -0.25) is 9.89 Å². The van der Waals surface area contributed by atoms with Gasteiger partial charge in [-0.25, -0.2) is 4.98 Å². The third-order valence-electron chi connectivity index (χ3n) is 4.27. The summed E-state index contributed by atoms with van der Waals surface area (Å²) in [5.41, 5.74) is 3.41. The molecule has 24 heavy (non-hydrogen) atoms. The lowest BCUT2D eigenvalue weighted by Gasteiger charge is -2.03. The van der Waals surface area contributed by atoms with Gasteiger partial charge in [0.15, 0.2) is 17.2 Å². The maximum Gasteiger partial charge on any atom is 0.276 e. The Morgan fingerprint density at radius 3 is 2.96 bits per heavy atom. The maximum absolute atomic E-state index is 12.5. The van der Waals surface area contributed by atoms with E-state index in [1.807, 2.05) is 42.5 Å². The summed E-state index contributed by atoms with van der Waals surface area (Å²) in [6.45, 7) is 0. The lowest BCUT2D eigenvalue weighted by molar-refractivity contribution is 0.102. The molecule has 0 aliphatic heterocycles. The van der Waals surface area contributed by atoms with E-state index in [0.717, 1.165) is 40.7 Å². The monoisotopic (exact) mass is 318 g/mol. The molecule has 2 N–H and O–H groups in total. The number of oxazole rings is 1. The van der Waals surface area contributed by atoms with Gasteiger partial charge in [0.1, 0.15) is 5.52 Å². The fraction of sp³-hybridized carbons (Fsp3) is 0.167. The zero-order chi connectivity index (χ0) is 16.1. The zero-order valence-electron chi connectivity index (χ0n) is 12.7. The van der Waals surface area contributed by atoms with Crippen molar-refractivity contribution in [1.82, 2.24) is 15.2 Å². The first kappa shape index (κ1) is 13.3. The number of benzene rings is 2. The third-order valence-corrected chi connectivity index (χ3v) is 4.27. The first-order valence-electron chi connectivity index (χ1n) is 7.93. The lowest BCUT2D eigenvalue weighted by Crippen LogP contribution is -2.12. The SMILES string of the molecule is O=C(Nc1ccc2oc(C3CC3)nc2c1)c1n[nH]c2ccccc12. The topological polar surface area (TPSA) is 83.8 Å². The van der Waals surface area contributed by atoms with Gasteiger partial charge in [0, 0.05) is 17.0 Å². The predicted molar refractivity (Wildman–Crippen MR) is 90.0 cm³/mol. The zero-order valence-corrected chi connectivity index (χ0v) is 12.7. The Morgan fingerprint density at radius 1 is 1.21 bits per heavy atom.